The molecule has 0 aliphatic rings. The Morgan fingerprint density at radius 1 is 1.22 bits per heavy atom. The molecule has 1 N–H and O–H groups in total. The van der Waals surface area contributed by atoms with E-state index in [0.717, 1.165) is 18.4 Å². The van der Waals surface area contributed by atoms with Gasteiger partial charge >= 0.3 is 0 Å². The molecule has 0 aliphatic heterocycles. The van der Waals surface area contributed by atoms with Crippen molar-refractivity contribution in [3.8, 4) is 5.82 Å². The third-order valence-electron chi connectivity index (χ3n) is 4.12. The van der Waals surface area contributed by atoms with Gasteiger partial charge in [0.05, 0.1) is 16.7 Å². The summed E-state index contributed by atoms with van der Waals surface area (Å²) in [5.41, 5.74) is 1.29. The number of aryl methyl sites for hydroxylation is 1. The molecule has 0 atom stereocenters. The van der Waals surface area contributed by atoms with Crippen LogP contribution in [-0.2, 0) is 4.79 Å². The highest BCUT2D eigenvalue weighted by Gasteiger charge is 2.16. The largest absolute Gasteiger partial charge is 0.355 e. The maximum absolute atomic E-state index is 13.1. The van der Waals surface area contributed by atoms with E-state index in [0.29, 0.717) is 28.4 Å². The zero-order chi connectivity index (χ0) is 19.2. The molecule has 0 saturated heterocycles. The fraction of sp³-hybridized carbons (Fsp3) is 0.300. The van der Waals surface area contributed by atoms with Crippen LogP contribution in [0.25, 0.3) is 16.7 Å². The number of pyridine rings is 1. The van der Waals surface area contributed by atoms with Gasteiger partial charge in [0.15, 0.2) is 5.16 Å². The van der Waals surface area contributed by atoms with E-state index in [9.17, 15) is 9.59 Å². The number of unbranched alkanes of at least 4 members (excludes halogenated alkanes) is 1. The van der Waals surface area contributed by atoms with E-state index in [2.05, 4.69) is 22.2 Å². The lowest BCUT2D eigenvalue weighted by Gasteiger charge is -2.14. The molecular weight excluding hydrogens is 360 g/mol. The average molecular weight is 382 g/mol. The standard InChI is InChI=1S/C20H22N4O2S/c1-3-4-11-21-17(25)13-27-20-23-16-10-6-5-9-15(16)19(26)24(20)18-14(2)8-7-12-22-18/h5-10,12H,3-4,11,13H2,1-2H3,(H,21,25). The molecule has 140 valence electrons. The van der Waals surface area contributed by atoms with Gasteiger partial charge in [-0.05, 0) is 37.1 Å². The number of carbonyl (C=O) groups is 1. The number of carbonyl (C=O) groups excluding carboxylic acids is 1. The zero-order valence-corrected chi connectivity index (χ0v) is 16.3. The van der Waals surface area contributed by atoms with Crippen LogP contribution in [0.1, 0.15) is 25.3 Å². The van der Waals surface area contributed by atoms with Crippen molar-refractivity contribution >= 4 is 28.6 Å². The van der Waals surface area contributed by atoms with E-state index >= 15 is 0 Å². The first-order valence-corrected chi connectivity index (χ1v) is 9.93. The summed E-state index contributed by atoms with van der Waals surface area (Å²) < 4.78 is 1.50. The average Bonchev–Trinajstić information content (AvgIpc) is 2.68. The van der Waals surface area contributed by atoms with E-state index in [1.165, 1.54) is 16.3 Å². The number of hydrogen-bond acceptors (Lipinski definition) is 5. The first-order valence-electron chi connectivity index (χ1n) is 8.95. The van der Waals surface area contributed by atoms with E-state index < -0.39 is 0 Å². The molecule has 0 aliphatic carbocycles. The molecule has 3 aromatic rings. The lowest BCUT2D eigenvalue weighted by Crippen LogP contribution is -2.27. The Balaban J connectivity index is 2.00. The number of para-hydroxylation sites is 1. The lowest BCUT2D eigenvalue weighted by atomic mass is 10.2. The number of nitrogens with zero attached hydrogens (tertiary/aromatic N) is 3. The van der Waals surface area contributed by atoms with Gasteiger partial charge in [-0.25, -0.2) is 14.5 Å². The number of nitrogens with one attached hydrogen (secondary N) is 1. The number of hydrogen-bond donors (Lipinski definition) is 1. The summed E-state index contributed by atoms with van der Waals surface area (Å²) in [7, 11) is 0. The van der Waals surface area contributed by atoms with Crippen LogP contribution in [0.2, 0.25) is 0 Å². The first kappa shape index (κ1) is 19.1. The second-order valence-corrected chi connectivity index (χ2v) is 7.13. The zero-order valence-electron chi connectivity index (χ0n) is 15.4. The van der Waals surface area contributed by atoms with Crippen LogP contribution < -0.4 is 10.9 Å². The molecule has 7 heteroatoms. The van der Waals surface area contributed by atoms with Crippen molar-refractivity contribution in [3.05, 3.63) is 58.5 Å². The first-order chi connectivity index (χ1) is 13.1. The van der Waals surface area contributed by atoms with Gasteiger partial charge in [-0.15, -0.1) is 0 Å². The lowest BCUT2D eigenvalue weighted by molar-refractivity contribution is -0.118. The van der Waals surface area contributed by atoms with Crippen molar-refractivity contribution in [2.24, 2.45) is 0 Å². The highest BCUT2D eigenvalue weighted by molar-refractivity contribution is 7.99. The quantitative estimate of drug-likeness (QED) is 0.386. The summed E-state index contributed by atoms with van der Waals surface area (Å²) in [6, 6.07) is 10.9. The second kappa shape index (κ2) is 8.81. The highest BCUT2D eigenvalue weighted by atomic mass is 32.2. The van der Waals surface area contributed by atoms with E-state index in [-0.39, 0.29) is 17.2 Å². The Morgan fingerprint density at radius 3 is 2.81 bits per heavy atom. The van der Waals surface area contributed by atoms with Crippen LogP contribution >= 0.6 is 11.8 Å². The molecule has 0 radical (unpaired) electrons. The Hall–Kier alpha value is -2.67. The maximum Gasteiger partial charge on any atom is 0.267 e. The van der Waals surface area contributed by atoms with E-state index in [1.54, 1.807) is 18.3 Å². The molecule has 2 heterocycles. The number of benzene rings is 1. The summed E-state index contributed by atoms with van der Waals surface area (Å²) in [5, 5.41) is 3.88. The van der Waals surface area contributed by atoms with Crippen molar-refractivity contribution < 1.29 is 4.79 Å². The Kier molecular flexibility index (Phi) is 6.24. The smallest absolute Gasteiger partial charge is 0.267 e. The Bertz CT molecular complexity index is 1020. The molecular formula is C20H22N4O2S. The number of fused-ring (bicyclic) bond motifs is 1. The normalized spacial score (nSPS) is 10.9. The number of thioether (sulfide) groups is 1. The molecule has 0 spiro atoms. The molecule has 3 rings (SSSR count). The highest BCUT2D eigenvalue weighted by Crippen LogP contribution is 2.21. The molecule has 0 bridgehead atoms. The number of amides is 1. The number of rotatable bonds is 7. The van der Waals surface area contributed by atoms with Gasteiger partial charge in [0, 0.05) is 12.7 Å². The molecule has 0 saturated carbocycles. The van der Waals surface area contributed by atoms with Crippen molar-refractivity contribution in [2.45, 2.75) is 31.8 Å². The summed E-state index contributed by atoms with van der Waals surface area (Å²) in [4.78, 5) is 34.2. The molecule has 6 nitrogen and oxygen atoms in total. The molecule has 2 aromatic heterocycles. The predicted octanol–water partition coefficient (Wildman–Crippen LogP) is 3.10. The third-order valence-corrected chi connectivity index (χ3v) is 5.06. The van der Waals surface area contributed by atoms with Crippen LogP contribution in [0.5, 0.6) is 0 Å². The molecule has 0 fully saturated rings. The van der Waals surface area contributed by atoms with Gasteiger partial charge in [-0.1, -0.05) is 43.3 Å². The minimum absolute atomic E-state index is 0.0693. The van der Waals surface area contributed by atoms with Crippen LogP contribution in [-0.4, -0.2) is 32.7 Å². The molecule has 1 aromatic carbocycles. The van der Waals surface area contributed by atoms with Gasteiger partial charge in [0.1, 0.15) is 5.82 Å². The summed E-state index contributed by atoms with van der Waals surface area (Å²) in [6.45, 7) is 4.64. The third kappa shape index (κ3) is 4.36. The van der Waals surface area contributed by atoms with Gasteiger partial charge in [0.2, 0.25) is 5.91 Å². The second-order valence-electron chi connectivity index (χ2n) is 6.19. The Morgan fingerprint density at radius 2 is 2.04 bits per heavy atom. The molecule has 27 heavy (non-hydrogen) atoms. The van der Waals surface area contributed by atoms with E-state index in [1.807, 2.05) is 31.2 Å². The fourth-order valence-electron chi connectivity index (χ4n) is 2.69. The van der Waals surface area contributed by atoms with Gasteiger partial charge in [0.25, 0.3) is 5.56 Å². The summed E-state index contributed by atoms with van der Waals surface area (Å²) >= 11 is 1.25. The minimum atomic E-state index is -0.184. The molecule has 1 amide bonds. The SMILES string of the molecule is CCCCNC(=O)CSc1nc2ccccc2c(=O)n1-c1ncccc1C. The van der Waals surface area contributed by atoms with Crippen LogP contribution in [0.15, 0.2) is 52.5 Å². The van der Waals surface area contributed by atoms with E-state index in [4.69, 9.17) is 0 Å². The minimum Gasteiger partial charge on any atom is -0.355 e. The predicted molar refractivity (Wildman–Crippen MR) is 109 cm³/mol. The van der Waals surface area contributed by atoms with Crippen LogP contribution in [0.4, 0.5) is 0 Å². The Labute approximate surface area is 162 Å². The van der Waals surface area contributed by atoms with Crippen molar-refractivity contribution in [2.75, 3.05) is 12.3 Å². The van der Waals surface area contributed by atoms with Gasteiger partial charge < -0.3 is 5.32 Å². The van der Waals surface area contributed by atoms with Crippen LogP contribution in [0.3, 0.4) is 0 Å². The number of aromatic nitrogens is 3. The summed E-state index contributed by atoms with van der Waals surface area (Å²) in [6.07, 6.45) is 3.62. The summed E-state index contributed by atoms with van der Waals surface area (Å²) in [5.74, 6) is 0.662. The molecule has 0 unspecified atom stereocenters. The van der Waals surface area contributed by atoms with Crippen molar-refractivity contribution in [3.63, 3.8) is 0 Å². The van der Waals surface area contributed by atoms with Crippen molar-refractivity contribution in [1.29, 1.82) is 0 Å². The van der Waals surface area contributed by atoms with Gasteiger partial charge in [-0.3, -0.25) is 9.59 Å². The van der Waals surface area contributed by atoms with Gasteiger partial charge in [-0.2, -0.15) is 0 Å². The monoisotopic (exact) mass is 382 g/mol. The maximum atomic E-state index is 13.1. The van der Waals surface area contributed by atoms with Crippen molar-refractivity contribution in [1.82, 2.24) is 19.9 Å². The van der Waals surface area contributed by atoms with Crippen LogP contribution in [0, 0.1) is 6.92 Å². The fourth-order valence-corrected chi connectivity index (χ4v) is 3.52. The topological polar surface area (TPSA) is 76.9 Å².